The predicted octanol–water partition coefficient (Wildman–Crippen LogP) is 7.11. The molecule has 5 heteroatoms. The molecule has 1 heterocycles. The molecule has 1 aromatic heterocycles. The minimum atomic E-state index is 0.0524. The number of hydrogen-bond donors (Lipinski definition) is 1. The molecule has 0 aliphatic heterocycles. The summed E-state index contributed by atoms with van der Waals surface area (Å²) in [5, 5.41) is 3.72. The molecule has 0 fully saturated rings. The summed E-state index contributed by atoms with van der Waals surface area (Å²) >= 11 is 5.91. The first-order valence-corrected chi connectivity index (χ1v) is 13.2. The number of carbonyl (C=O) groups excluding carboxylic acids is 1. The zero-order chi connectivity index (χ0) is 25.5. The number of rotatable bonds is 10. The largest absolute Gasteiger partial charge is 0.356 e. The molecule has 1 amide bonds. The number of benzene rings is 3. The van der Waals surface area contributed by atoms with E-state index in [4.69, 9.17) is 16.6 Å². The van der Waals surface area contributed by atoms with Crippen LogP contribution in [-0.2, 0) is 29.6 Å². The fraction of sp³-hybridized carbons (Fsp3) is 0.355. The Morgan fingerprint density at radius 1 is 0.889 bits per heavy atom. The van der Waals surface area contributed by atoms with E-state index in [1.165, 1.54) is 16.6 Å². The molecule has 0 aliphatic carbocycles. The van der Waals surface area contributed by atoms with Crippen LogP contribution < -0.4 is 5.32 Å². The van der Waals surface area contributed by atoms with Gasteiger partial charge >= 0.3 is 0 Å². The highest BCUT2D eigenvalue weighted by molar-refractivity contribution is 6.30. The zero-order valence-corrected chi connectivity index (χ0v) is 22.3. The molecule has 0 radical (unpaired) electrons. The zero-order valence-electron chi connectivity index (χ0n) is 21.6. The molecule has 4 nitrogen and oxygen atoms in total. The summed E-state index contributed by atoms with van der Waals surface area (Å²) in [5.41, 5.74) is 6.00. The first kappa shape index (κ1) is 26.0. The summed E-state index contributed by atoms with van der Waals surface area (Å²) in [6.45, 7) is 8.25. The van der Waals surface area contributed by atoms with E-state index in [1.807, 2.05) is 30.3 Å². The van der Waals surface area contributed by atoms with E-state index < -0.39 is 0 Å². The SMILES string of the molecule is CC(C)(C)c1ccc(Cn2c(CCCCCNC(=O)Cc3ccc(Cl)cc3)nc3ccccc32)cc1. The lowest BCUT2D eigenvalue weighted by molar-refractivity contribution is -0.120. The molecule has 36 heavy (non-hydrogen) atoms. The Morgan fingerprint density at radius 3 is 2.31 bits per heavy atom. The number of nitrogens with zero attached hydrogens (tertiary/aromatic N) is 2. The van der Waals surface area contributed by atoms with Gasteiger partial charge in [-0.1, -0.05) is 87.3 Å². The molecule has 1 N–H and O–H groups in total. The van der Waals surface area contributed by atoms with E-state index in [1.54, 1.807) is 0 Å². The van der Waals surface area contributed by atoms with Gasteiger partial charge in [0.15, 0.2) is 0 Å². The summed E-state index contributed by atoms with van der Waals surface area (Å²) in [6, 6.07) is 24.8. The van der Waals surface area contributed by atoms with E-state index >= 15 is 0 Å². The Bertz CT molecular complexity index is 1280. The molecule has 0 saturated carbocycles. The van der Waals surface area contributed by atoms with Gasteiger partial charge in [-0.25, -0.2) is 4.98 Å². The third-order valence-corrected chi connectivity index (χ3v) is 6.82. The van der Waals surface area contributed by atoms with E-state index in [2.05, 4.69) is 73.1 Å². The quantitative estimate of drug-likeness (QED) is 0.235. The van der Waals surface area contributed by atoms with Gasteiger partial charge in [-0.05, 0) is 59.2 Å². The molecule has 3 aromatic carbocycles. The van der Waals surface area contributed by atoms with Gasteiger partial charge in [-0.15, -0.1) is 0 Å². The minimum absolute atomic E-state index is 0.0524. The second kappa shape index (κ2) is 11.7. The number of nitrogens with one attached hydrogen (secondary N) is 1. The van der Waals surface area contributed by atoms with Crippen LogP contribution in [0.3, 0.4) is 0 Å². The summed E-state index contributed by atoms with van der Waals surface area (Å²) in [6.07, 6.45) is 4.36. The Hall–Kier alpha value is -3.11. The first-order chi connectivity index (χ1) is 17.3. The van der Waals surface area contributed by atoms with Gasteiger partial charge in [0.2, 0.25) is 5.91 Å². The van der Waals surface area contributed by atoms with E-state index in [-0.39, 0.29) is 11.3 Å². The minimum Gasteiger partial charge on any atom is -0.356 e. The fourth-order valence-electron chi connectivity index (χ4n) is 4.45. The second-order valence-corrected chi connectivity index (χ2v) is 11.0. The summed E-state index contributed by atoms with van der Waals surface area (Å²) < 4.78 is 2.36. The average Bonchev–Trinajstić information content (AvgIpc) is 3.19. The van der Waals surface area contributed by atoms with Crippen molar-refractivity contribution >= 4 is 28.5 Å². The maximum atomic E-state index is 12.2. The van der Waals surface area contributed by atoms with Crippen LogP contribution in [0.15, 0.2) is 72.8 Å². The summed E-state index contributed by atoms with van der Waals surface area (Å²) in [4.78, 5) is 17.1. The van der Waals surface area contributed by atoms with Crippen LogP contribution in [0.25, 0.3) is 11.0 Å². The lowest BCUT2D eigenvalue weighted by Gasteiger charge is -2.19. The maximum absolute atomic E-state index is 12.2. The van der Waals surface area contributed by atoms with Crippen LogP contribution in [-0.4, -0.2) is 22.0 Å². The molecule has 4 rings (SSSR count). The standard InChI is InChI=1S/C31H36ClN3O/c1-31(2,3)25-16-12-24(13-17-25)22-35-28-10-7-6-9-27(28)34-29(35)11-5-4-8-20-33-30(36)21-23-14-18-26(32)19-15-23/h6-7,9-10,12-19H,4-5,8,11,20-22H2,1-3H3,(H,33,36). The first-order valence-electron chi connectivity index (χ1n) is 12.8. The van der Waals surface area contributed by atoms with Crippen LogP contribution in [0.5, 0.6) is 0 Å². The summed E-state index contributed by atoms with van der Waals surface area (Å²) in [7, 11) is 0. The number of para-hydroxylation sites is 2. The molecule has 0 unspecified atom stereocenters. The number of amides is 1. The van der Waals surface area contributed by atoms with Crippen molar-refractivity contribution < 1.29 is 4.79 Å². The van der Waals surface area contributed by atoms with Gasteiger partial charge in [0.1, 0.15) is 5.82 Å². The van der Waals surface area contributed by atoms with Crippen LogP contribution in [0.2, 0.25) is 5.02 Å². The van der Waals surface area contributed by atoms with Gasteiger partial charge in [0.05, 0.1) is 17.5 Å². The molecule has 188 valence electrons. The Labute approximate surface area is 219 Å². The van der Waals surface area contributed by atoms with Crippen molar-refractivity contribution in [3.8, 4) is 0 Å². The Kier molecular flexibility index (Phi) is 8.48. The topological polar surface area (TPSA) is 46.9 Å². The normalized spacial score (nSPS) is 11.7. The Balaban J connectivity index is 1.30. The third-order valence-electron chi connectivity index (χ3n) is 6.57. The van der Waals surface area contributed by atoms with Gasteiger partial charge < -0.3 is 9.88 Å². The molecule has 0 bridgehead atoms. The predicted molar refractivity (Wildman–Crippen MR) is 150 cm³/mol. The van der Waals surface area contributed by atoms with Crippen LogP contribution >= 0.6 is 11.6 Å². The molecule has 0 atom stereocenters. The molecular weight excluding hydrogens is 466 g/mol. The Morgan fingerprint density at radius 2 is 1.58 bits per heavy atom. The monoisotopic (exact) mass is 501 g/mol. The van der Waals surface area contributed by atoms with Crippen molar-refractivity contribution in [1.82, 2.24) is 14.9 Å². The lowest BCUT2D eigenvalue weighted by atomic mass is 9.87. The molecule has 0 saturated heterocycles. The number of aromatic nitrogens is 2. The van der Waals surface area contributed by atoms with E-state index in [0.29, 0.717) is 18.0 Å². The van der Waals surface area contributed by atoms with Gasteiger partial charge in [0.25, 0.3) is 0 Å². The number of halogens is 1. The molecule has 0 spiro atoms. The number of aryl methyl sites for hydroxylation is 1. The van der Waals surface area contributed by atoms with E-state index in [0.717, 1.165) is 49.1 Å². The molecule has 0 aliphatic rings. The number of hydrogen-bond acceptors (Lipinski definition) is 2. The van der Waals surface area contributed by atoms with Gasteiger partial charge in [0, 0.05) is 24.5 Å². The van der Waals surface area contributed by atoms with Crippen molar-refractivity contribution in [3.63, 3.8) is 0 Å². The highest BCUT2D eigenvalue weighted by Crippen LogP contribution is 2.24. The fourth-order valence-corrected chi connectivity index (χ4v) is 4.57. The lowest BCUT2D eigenvalue weighted by Crippen LogP contribution is -2.26. The summed E-state index contributed by atoms with van der Waals surface area (Å²) in [5.74, 6) is 1.18. The highest BCUT2D eigenvalue weighted by Gasteiger charge is 2.14. The van der Waals surface area contributed by atoms with Crippen molar-refractivity contribution in [2.24, 2.45) is 0 Å². The van der Waals surface area contributed by atoms with Gasteiger partial charge in [-0.3, -0.25) is 4.79 Å². The van der Waals surface area contributed by atoms with Crippen LogP contribution in [0.4, 0.5) is 0 Å². The van der Waals surface area contributed by atoms with Crippen molar-refractivity contribution in [2.75, 3.05) is 6.54 Å². The number of fused-ring (bicyclic) bond motifs is 1. The number of imidazole rings is 1. The van der Waals surface area contributed by atoms with Crippen LogP contribution in [0.1, 0.15) is 62.5 Å². The smallest absolute Gasteiger partial charge is 0.224 e. The van der Waals surface area contributed by atoms with E-state index in [9.17, 15) is 4.79 Å². The molecule has 4 aromatic rings. The van der Waals surface area contributed by atoms with Crippen molar-refractivity contribution in [1.29, 1.82) is 0 Å². The third kappa shape index (κ3) is 6.98. The highest BCUT2D eigenvalue weighted by atomic mass is 35.5. The average molecular weight is 502 g/mol. The molecular formula is C31H36ClN3O. The van der Waals surface area contributed by atoms with Crippen LogP contribution in [0, 0.1) is 0 Å². The second-order valence-electron chi connectivity index (χ2n) is 10.5. The number of unbranched alkanes of at least 4 members (excludes halogenated alkanes) is 2. The van der Waals surface area contributed by atoms with Gasteiger partial charge in [-0.2, -0.15) is 0 Å². The number of carbonyl (C=O) groups is 1. The maximum Gasteiger partial charge on any atom is 0.224 e. The van der Waals surface area contributed by atoms with Crippen molar-refractivity contribution in [2.45, 2.75) is 64.8 Å². The van der Waals surface area contributed by atoms with Crippen molar-refractivity contribution in [3.05, 3.63) is 100 Å².